The Kier molecular flexibility index (Phi) is 3.06. The molecule has 0 unspecified atom stereocenters. The molecule has 1 rings (SSSR count). The molecule has 0 bridgehead atoms. The van der Waals surface area contributed by atoms with Gasteiger partial charge < -0.3 is 15.8 Å². The van der Waals surface area contributed by atoms with Gasteiger partial charge in [0.25, 0.3) is 0 Å². The lowest BCUT2D eigenvalue weighted by Crippen LogP contribution is -2.54. The van der Waals surface area contributed by atoms with E-state index < -0.39 is 5.91 Å². The van der Waals surface area contributed by atoms with Crippen molar-refractivity contribution in [2.75, 3.05) is 13.2 Å². The summed E-state index contributed by atoms with van der Waals surface area (Å²) in [6.07, 6.45) is 3.15. The summed E-state index contributed by atoms with van der Waals surface area (Å²) in [7, 11) is 0. The molecule has 13 heavy (non-hydrogen) atoms. The molecule has 1 aliphatic heterocycles. The smallest absolute Gasteiger partial charge is 0.241 e. The molecule has 0 aromatic rings. The maximum absolute atomic E-state index is 10.5. The Morgan fingerprint density at radius 3 is 2.62 bits per heavy atom. The molecule has 0 aliphatic carbocycles. The van der Waals surface area contributed by atoms with Crippen LogP contribution in [0.15, 0.2) is 12.2 Å². The van der Waals surface area contributed by atoms with Gasteiger partial charge >= 0.3 is 0 Å². The lowest BCUT2D eigenvalue weighted by Gasteiger charge is -2.34. The van der Waals surface area contributed by atoms with Gasteiger partial charge in [0.05, 0.1) is 19.3 Å². The highest BCUT2D eigenvalue weighted by molar-refractivity contribution is 5.85. The van der Waals surface area contributed by atoms with Crippen molar-refractivity contribution in [2.24, 2.45) is 5.73 Å². The second-order valence-corrected chi connectivity index (χ2v) is 3.84. The highest BCUT2D eigenvalue weighted by Crippen LogP contribution is 2.10. The Labute approximate surface area is 78.1 Å². The van der Waals surface area contributed by atoms with E-state index in [1.165, 1.54) is 6.08 Å². The summed E-state index contributed by atoms with van der Waals surface area (Å²) in [5.41, 5.74) is 4.79. The summed E-state index contributed by atoms with van der Waals surface area (Å²) in [6.45, 7) is 5.47. The van der Waals surface area contributed by atoms with E-state index in [-0.39, 0.29) is 5.54 Å². The Morgan fingerprint density at radius 1 is 1.62 bits per heavy atom. The molecule has 0 saturated carbocycles. The maximum atomic E-state index is 10.5. The highest BCUT2D eigenvalue weighted by Gasteiger charge is 2.24. The van der Waals surface area contributed by atoms with Crippen molar-refractivity contribution in [3.8, 4) is 0 Å². The highest BCUT2D eigenvalue weighted by atomic mass is 16.5. The first-order valence-electron chi connectivity index (χ1n) is 4.34. The van der Waals surface area contributed by atoms with Crippen LogP contribution in [0.3, 0.4) is 0 Å². The van der Waals surface area contributed by atoms with Gasteiger partial charge in [0.1, 0.15) is 0 Å². The Balaban J connectivity index is 2.39. The van der Waals surface area contributed by atoms with Crippen LogP contribution in [0.25, 0.3) is 0 Å². The van der Waals surface area contributed by atoms with Gasteiger partial charge in [-0.25, -0.2) is 0 Å². The SMILES string of the molecule is CC(C)(C=CC(N)=O)NC1COC1. The third kappa shape index (κ3) is 3.57. The average molecular weight is 184 g/mol. The zero-order valence-electron chi connectivity index (χ0n) is 8.04. The predicted octanol–water partition coefficient (Wildman–Crippen LogP) is -0.205. The summed E-state index contributed by atoms with van der Waals surface area (Å²) in [5.74, 6) is -0.417. The van der Waals surface area contributed by atoms with E-state index in [1.54, 1.807) is 6.08 Å². The van der Waals surface area contributed by atoms with E-state index in [9.17, 15) is 4.79 Å². The number of hydrogen-bond donors (Lipinski definition) is 2. The van der Waals surface area contributed by atoms with Crippen LogP contribution in [0.5, 0.6) is 0 Å². The Bertz CT molecular complexity index is 220. The van der Waals surface area contributed by atoms with Gasteiger partial charge in [0.2, 0.25) is 5.91 Å². The van der Waals surface area contributed by atoms with Crippen molar-refractivity contribution >= 4 is 5.91 Å². The number of hydrogen-bond acceptors (Lipinski definition) is 3. The Hall–Kier alpha value is -0.870. The molecule has 0 aromatic carbocycles. The van der Waals surface area contributed by atoms with Crippen LogP contribution < -0.4 is 11.1 Å². The molecule has 0 aromatic heterocycles. The van der Waals surface area contributed by atoms with Crippen LogP contribution in [0.2, 0.25) is 0 Å². The molecule has 4 nitrogen and oxygen atoms in total. The number of amides is 1. The van der Waals surface area contributed by atoms with Crippen LogP contribution in [0, 0.1) is 0 Å². The van der Waals surface area contributed by atoms with E-state index in [0.29, 0.717) is 6.04 Å². The maximum Gasteiger partial charge on any atom is 0.241 e. The number of carbonyl (C=O) groups excluding carboxylic acids is 1. The van der Waals surface area contributed by atoms with Gasteiger partial charge in [0.15, 0.2) is 0 Å². The fourth-order valence-corrected chi connectivity index (χ4v) is 1.18. The molecule has 3 N–H and O–H groups in total. The molecule has 1 amide bonds. The van der Waals surface area contributed by atoms with Crippen molar-refractivity contribution in [2.45, 2.75) is 25.4 Å². The molecule has 0 atom stereocenters. The van der Waals surface area contributed by atoms with Gasteiger partial charge in [-0.3, -0.25) is 4.79 Å². The minimum atomic E-state index is -0.417. The topological polar surface area (TPSA) is 64.4 Å². The molecular formula is C9H16N2O2. The molecule has 74 valence electrons. The zero-order valence-corrected chi connectivity index (χ0v) is 8.04. The normalized spacial score (nSPS) is 18.9. The first-order valence-corrected chi connectivity index (χ1v) is 4.34. The number of nitrogens with two attached hydrogens (primary N) is 1. The third-order valence-corrected chi connectivity index (χ3v) is 1.88. The summed E-state index contributed by atoms with van der Waals surface area (Å²) < 4.78 is 5.03. The fourth-order valence-electron chi connectivity index (χ4n) is 1.18. The summed E-state index contributed by atoms with van der Waals surface area (Å²) in [6, 6.07) is 0.396. The fraction of sp³-hybridized carbons (Fsp3) is 0.667. The van der Waals surface area contributed by atoms with E-state index in [2.05, 4.69) is 5.32 Å². The molecule has 1 fully saturated rings. The minimum Gasteiger partial charge on any atom is -0.378 e. The van der Waals surface area contributed by atoms with Crippen LogP contribution in [-0.2, 0) is 9.53 Å². The van der Waals surface area contributed by atoms with Crippen molar-refractivity contribution in [3.05, 3.63) is 12.2 Å². The van der Waals surface area contributed by atoms with Gasteiger partial charge in [-0.2, -0.15) is 0 Å². The molecular weight excluding hydrogens is 168 g/mol. The van der Waals surface area contributed by atoms with E-state index in [4.69, 9.17) is 10.5 Å². The quantitative estimate of drug-likeness (QED) is 0.594. The van der Waals surface area contributed by atoms with Crippen molar-refractivity contribution in [1.29, 1.82) is 0 Å². The number of primary amides is 1. The first kappa shape index (κ1) is 10.2. The monoisotopic (exact) mass is 184 g/mol. The van der Waals surface area contributed by atoms with E-state index in [1.807, 2.05) is 13.8 Å². The molecule has 1 saturated heterocycles. The van der Waals surface area contributed by atoms with E-state index in [0.717, 1.165) is 13.2 Å². The molecule has 4 heteroatoms. The van der Waals surface area contributed by atoms with Crippen LogP contribution >= 0.6 is 0 Å². The van der Waals surface area contributed by atoms with Crippen molar-refractivity contribution in [3.63, 3.8) is 0 Å². The Morgan fingerprint density at radius 2 is 2.23 bits per heavy atom. The van der Waals surface area contributed by atoms with Gasteiger partial charge in [0, 0.05) is 11.6 Å². The summed E-state index contributed by atoms with van der Waals surface area (Å²) in [5, 5.41) is 3.33. The first-order chi connectivity index (χ1) is 5.99. The molecule has 1 heterocycles. The third-order valence-electron chi connectivity index (χ3n) is 1.88. The van der Waals surface area contributed by atoms with Gasteiger partial charge in [-0.15, -0.1) is 0 Å². The lowest BCUT2D eigenvalue weighted by molar-refractivity contribution is -0.113. The number of rotatable bonds is 4. The van der Waals surface area contributed by atoms with Gasteiger partial charge in [-0.05, 0) is 13.8 Å². The molecule has 1 aliphatic rings. The standard InChI is InChI=1S/C9H16N2O2/c1-9(2,4-3-8(10)12)11-7-5-13-6-7/h3-4,7,11H,5-6H2,1-2H3,(H2,10,12). The second-order valence-electron chi connectivity index (χ2n) is 3.84. The van der Waals surface area contributed by atoms with Crippen LogP contribution in [-0.4, -0.2) is 30.7 Å². The summed E-state index contributed by atoms with van der Waals surface area (Å²) in [4.78, 5) is 10.5. The number of carbonyl (C=O) groups is 1. The lowest BCUT2D eigenvalue weighted by atomic mass is 10.0. The summed E-state index contributed by atoms with van der Waals surface area (Å²) >= 11 is 0. The number of nitrogens with one attached hydrogen (secondary N) is 1. The predicted molar refractivity (Wildman–Crippen MR) is 50.2 cm³/mol. The largest absolute Gasteiger partial charge is 0.378 e. The number of ether oxygens (including phenoxy) is 1. The minimum absolute atomic E-state index is 0.205. The van der Waals surface area contributed by atoms with Crippen LogP contribution in [0.4, 0.5) is 0 Å². The zero-order chi connectivity index (χ0) is 9.90. The van der Waals surface area contributed by atoms with Gasteiger partial charge in [-0.1, -0.05) is 6.08 Å². The second kappa shape index (κ2) is 3.89. The van der Waals surface area contributed by atoms with Crippen LogP contribution in [0.1, 0.15) is 13.8 Å². The molecule has 0 spiro atoms. The molecule has 0 radical (unpaired) electrons. The van der Waals surface area contributed by atoms with Crippen molar-refractivity contribution in [1.82, 2.24) is 5.32 Å². The van der Waals surface area contributed by atoms with E-state index >= 15 is 0 Å². The van der Waals surface area contributed by atoms with Crippen molar-refractivity contribution < 1.29 is 9.53 Å². The average Bonchev–Trinajstić information content (AvgIpc) is 1.94.